The fourth-order valence-corrected chi connectivity index (χ4v) is 3.13. The third kappa shape index (κ3) is 5.94. The van der Waals surface area contributed by atoms with E-state index in [-0.39, 0.29) is 11.3 Å². The summed E-state index contributed by atoms with van der Waals surface area (Å²) >= 11 is 0. The van der Waals surface area contributed by atoms with E-state index >= 15 is 0 Å². The Kier molecular flexibility index (Phi) is 6.31. The van der Waals surface area contributed by atoms with Gasteiger partial charge in [0.1, 0.15) is 0 Å². The number of carbonyl (C=O) groups is 1. The summed E-state index contributed by atoms with van der Waals surface area (Å²) in [5, 5.41) is 3.23. The fraction of sp³-hybridized carbons (Fsp3) is 0.938. The summed E-state index contributed by atoms with van der Waals surface area (Å²) in [7, 11) is 0. The van der Waals surface area contributed by atoms with Crippen LogP contribution in [0.25, 0.3) is 0 Å². The quantitative estimate of drug-likeness (QED) is 0.778. The second-order valence-electron chi connectivity index (χ2n) is 7.27. The van der Waals surface area contributed by atoms with Crippen molar-refractivity contribution in [2.24, 2.45) is 23.0 Å². The highest BCUT2D eigenvalue weighted by Gasteiger charge is 2.27. The molecule has 3 unspecified atom stereocenters. The van der Waals surface area contributed by atoms with E-state index < -0.39 is 0 Å². The molecule has 1 rings (SSSR count). The zero-order valence-electron chi connectivity index (χ0n) is 13.2. The van der Waals surface area contributed by atoms with E-state index in [1.165, 1.54) is 12.8 Å². The normalized spacial score (nSPS) is 28.2. The van der Waals surface area contributed by atoms with Gasteiger partial charge < -0.3 is 11.1 Å². The van der Waals surface area contributed by atoms with Crippen LogP contribution in [0.2, 0.25) is 0 Å². The lowest BCUT2D eigenvalue weighted by molar-refractivity contribution is -0.123. The largest absolute Gasteiger partial charge is 0.353 e. The van der Waals surface area contributed by atoms with Crippen LogP contribution in [0.15, 0.2) is 0 Å². The molecule has 0 aromatic rings. The van der Waals surface area contributed by atoms with Crippen molar-refractivity contribution in [1.82, 2.24) is 5.32 Å². The van der Waals surface area contributed by atoms with Crippen LogP contribution in [0.1, 0.15) is 66.2 Å². The molecule has 0 aliphatic heterocycles. The number of nitrogens with one attached hydrogen (secondary N) is 1. The predicted molar refractivity (Wildman–Crippen MR) is 80.8 cm³/mol. The van der Waals surface area contributed by atoms with Gasteiger partial charge in [0.15, 0.2) is 0 Å². The molecule has 0 aromatic heterocycles. The Morgan fingerprint density at radius 3 is 2.53 bits per heavy atom. The summed E-state index contributed by atoms with van der Waals surface area (Å²) < 4.78 is 0. The first-order valence-corrected chi connectivity index (χ1v) is 7.83. The van der Waals surface area contributed by atoms with E-state index in [0.29, 0.717) is 24.9 Å². The molecule has 1 amide bonds. The molecule has 1 aliphatic rings. The molecule has 0 spiro atoms. The lowest BCUT2D eigenvalue weighted by Gasteiger charge is -2.33. The van der Waals surface area contributed by atoms with Crippen LogP contribution < -0.4 is 11.1 Å². The highest BCUT2D eigenvalue weighted by atomic mass is 16.1. The van der Waals surface area contributed by atoms with Gasteiger partial charge in [-0.25, -0.2) is 0 Å². The van der Waals surface area contributed by atoms with Crippen molar-refractivity contribution >= 4 is 5.91 Å². The van der Waals surface area contributed by atoms with Gasteiger partial charge in [0.25, 0.3) is 0 Å². The number of amides is 1. The van der Waals surface area contributed by atoms with Crippen molar-refractivity contribution in [3.8, 4) is 0 Å². The molecule has 3 N–H and O–H groups in total. The van der Waals surface area contributed by atoms with Gasteiger partial charge in [0, 0.05) is 12.5 Å². The Labute approximate surface area is 118 Å². The number of rotatable bonds is 6. The lowest BCUT2D eigenvalue weighted by atomic mass is 9.79. The summed E-state index contributed by atoms with van der Waals surface area (Å²) in [5.41, 5.74) is 5.78. The van der Waals surface area contributed by atoms with Crippen molar-refractivity contribution < 1.29 is 4.79 Å². The second kappa shape index (κ2) is 7.28. The predicted octanol–water partition coefficient (Wildman–Crippen LogP) is 3.08. The summed E-state index contributed by atoms with van der Waals surface area (Å²) in [6.45, 7) is 9.66. The minimum absolute atomic E-state index is 0.179. The van der Waals surface area contributed by atoms with E-state index in [1.807, 2.05) is 0 Å². The molecule has 1 fully saturated rings. The van der Waals surface area contributed by atoms with Crippen LogP contribution in [0, 0.1) is 17.3 Å². The Morgan fingerprint density at radius 1 is 1.26 bits per heavy atom. The van der Waals surface area contributed by atoms with Crippen LogP contribution in [-0.4, -0.2) is 18.5 Å². The second-order valence-corrected chi connectivity index (χ2v) is 7.27. The molecule has 0 radical (unpaired) electrons. The van der Waals surface area contributed by atoms with E-state index in [0.717, 1.165) is 25.2 Å². The van der Waals surface area contributed by atoms with E-state index in [4.69, 9.17) is 5.73 Å². The third-order valence-electron chi connectivity index (χ3n) is 4.63. The lowest BCUT2D eigenvalue weighted by Crippen LogP contribution is -2.42. The molecule has 19 heavy (non-hydrogen) atoms. The minimum atomic E-state index is 0.179. The Morgan fingerprint density at radius 2 is 1.95 bits per heavy atom. The molecule has 3 heteroatoms. The van der Waals surface area contributed by atoms with Crippen molar-refractivity contribution in [3.63, 3.8) is 0 Å². The fourth-order valence-electron chi connectivity index (χ4n) is 3.13. The summed E-state index contributed by atoms with van der Waals surface area (Å²) in [5.74, 6) is 1.65. The smallest absolute Gasteiger partial charge is 0.220 e. The van der Waals surface area contributed by atoms with Crippen molar-refractivity contribution in [1.29, 1.82) is 0 Å². The Balaban J connectivity index is 2.31. The first-order chi connectivity index (χ1) is 8.84. The molecular formula is C16H32N2O. The number of hydrogen-bond donors (Lipinski definition) is 2. The van der Waals surface area contributed by atoms with Crippen molar-refractivity contribution in [2.75, 3.05) is 6.54 Å². The highest BCUT2D eigenvalue weighted by Crippen LogP contribution is 2.29. The van der Waals surface area contributed by atoms with Gasteiger partial charge >= 0.3 is 0 Å². The summed E-state index contributed by atoms with van der Waals surface area (Å²) in [6, 6.07) is 0.390. The van der Waals surface area contributed by atoms with Crippen LogP contribution in [-0.2, 0) is 4.79 Å². The van der Waals surface area contributed by atoms with E-state index in [9.17, 15) is 4.79 Å². The molecule has 0 saturated heterocycles. The highest BCUT2D eigenvalue weighted by molar-refractivity contribution is 5.76. The third-order valence-corrected chi connectivity index (χ3v) is 4.63. The first-order valence-electron chi connectivity index (χ1n) is 7.83. The van der Waals surface area contributed by atoms with Crippen LogP contribution >= 0.6 is 0 Å². The molecule has 0 bridgehead atoms. The molecule has 0 heterocycles. The molecule has 1 saturated carbocycles. The maximum atomic E-state index is 12.0. The van der Waals surface area contributed by atoms with Gasteiger partial charge in [-0.3, -0.25) is 4.79 Å². The van der Waals surface area contributed by atoms with Crippen LogP contribution in [0.4, 0.5) is 0 Å². The maximum absolute atomic E-state index is 12.0. The molecule has 3 atom stereocenters. The molecule has 112 valence electrons. The first kappa shape index (κ1) is 16.5. The summed E-state index contributed by atoms with van der Waals surface area (Å²) in [6.07, 6.45) is 6.16. The number of hydrogen-bond acceptors (Lipinski definition) is 2. The average Bonchev–Trinajstić information content (AvgIpc) is 2.30. The molecule has 0 aromatic carbocycles. The molecular weight excluding hydrogens is 236 g/mol. The Hall–Kier alpha value is -0.570. The van der Waals surface area contributed by atoms with Gasteiger partial charge in [-0.1, -0.05) is 27.7 Å². The van der Waals surface area contributed by atoms with E-state index in [2.05, 4.69) is 33.0 Å². The van der Waals surface area contributed by atoms with Gasteiger partial charge in [-0.2, -0.15) is 0 Å². The zero-order valence-corrected chi connectivity index (χ0v) is 13.2. The van der Waals surface area contributed by atoms with Crippen LogP contribution in [0.3, 0.4) is 0 Å². The van der Waals surface area contributed by atoms with Gasteiger partial charge in [-0.15, -0.1) is 0 Å². The van der Waals surface area contributed by atoms with Gasteiger partial charge in [0.2, 0.25) is 5.91 Å². The van der Waals surface area contributed by atoms with Gasteiger partial charge in [-0.05, 0) is 55.9 Å². The summed E-state index contributed by atoms with van der Waals surface area (Å²) in [4.78, 5) is 12.0. The standard InChI is InChI=1S/C16H32N2O/c1-12-5-6-14(13(2)11-12)18-15(19)7-8-16(3,4)9-10-17/h12-14H,5-11,17H2,1-4H3,(H,18,19). The number of nitrogens with two attached hydrogens (primary N) is 1. The SMILES string of the molecule is CC1CCC(NC(=O)CCC(C)(C)CCN)C(C)C1. The monoisotopic (exact) mass is 268 g/mol. The molecule has 1 aliphatic carbocycles. The molecule has 3 nitrogen and oxygen atoms in total. The minimum Gasteiger partial charge on any atom is -0.353 e. The average molecular weight is 268 g/mol. The van der Waals surface area contributed by atoms with E-state index in [1.54, 1.807) is 0 Å². The Bertz CT molecular complexity index is 288. The van der Waals surface area contributed by atoms with Crippen molar-refractivity contribution in [3.05, 3.63) is 0 Å². The van der Waals surface area contributed by atoms with Crippen molar-refractivity contribution in [2.45, 2.75) is 72.3 Å². The number of carbonyl (C=O) groups excluding carboxylic acids is 1. The zero-order chi connectivity index (χ0) is 14.5. The maximum Gasteiger partial charge on any atom is 0.220 e. The van der Waals surface area contributed by atoms with Gasteiger partial charge in [0.05, 0.1) is 0 Å². The van der Waals surface area contributed by atoms with Crippen LogP contribution in [0.5, 0.6) is 0 Å². The topological polar surface area (TPSA) is 55.1 Å².